The fraction of sp³-hybridized carbons (Fsp3) is 0.250. The summed E-state index contributed by atoms with van der Waals surface area (Å²) in [5.41, 5.74) is 3.99. The van der Waals surface area contributed by atoms with Crippen LogP contribution in [-0.2, 0) is 9.59 Å². The van der Waals surface area contributed by atoms with Crippen LogP contribution in [0.25, 0.3) is 0 Å². The van der Waals surface area contributed by atoms with Crippen LogP contribution in [0.3, 0.4) is 0 Å². The summed E-state index contributed by atoms with van der Waals surface area (Å²) in [5, 5.41) is 3.89. The van der Waals surface area contributed by atoms with Crippen molar-refractivity contribution >= 4 is 18.1 Å². The Kier molecular flexibility index (Phi) is 7.38. The average molecular weight is 386 g/mol. The maximum atomic E-state index is 11.9. The molecule has 0 aliphatic carbocycles. The lowest BCUT2D eigenvalue weighted by molar-refractivity contribution is -0.132. The minimum absolute atomic E-state index is 0.168. The second-order valence-electron chi connectivity index (χ2n) is 5.75. The van der Waals surface area contributed by atoms with Crippen LogP contribution in [0.2, 0.25) is 0 Å². The minimum Gasteiger partial charge on any atom is -0.493 e. The molecule has 1 N–H and O–H groups in total. The zero-order chi connectivity index (χ0) is 20.5. The number of esters is 1. The summed E-state index contributed by atoms with van der Waals surface area (Å²) in [6.07, 6.45) is 1.41. The molecule has 0 aliphatic heterocycles. The van der Waals surface area contributed by atoms with E-state index in [1.807, 2.05) is 25.1 Å². The van der Waals surface area contributed by atoms with Crippen LogP contribution >= 0.6 is 0 Å². The molecule has 2 rings (SSSR count). The van der Waals surface area contributed by atoms with Gasteiger partial charge in [-0.15, -0.1) is 0 Å². The number of hydrazone groups is 1. The van der Waals surface area contributed by atoms with Crippen LogP contribution in [0.15, 0.2) is 41.5 Å². The van der Waals surface area contributed by atoms with Crippen molar-refractivity contribution in [1.29, 1.82) is 0 Å². The number of nitrogens with zero attached hydrogens (tertiary/aromatic N) is 1. The normalized spacial score (nSPS) is 10.4. The molecule has 0 atom stereocenters. The predicted molar refractivity (Wildman–Crippen MR) is 103 cm³/mol. The lowest BCUT2D eigenvalue weighted by Gasteiger charge is -2.13. The van der Waals surface area contributed by atoms with Crippen LogP contribution in [0.5, 0.6) is 23.0 Å². The number of hydrogen-bond acceptors (Lipinski definition) is 7. The summed E-state index contributed by atoms with van der Waals surface area (Å²) in [7, 11) is 2.88. The fourth-order valence-corrected chi connectivity index (χ4v) is 2.28. The van der Waals surface area contributed by atoms with Crippen molar-refractivity contribution in [2.75, 3.05) is 20.8 Å². The first-order chi connectivity index (χ1) is 13.4. The Morgan fingerprint density at radius 2 is 1.79 bits per heavy atom. The van der Waals surface area contributed by atoms with E-state index in [4.69, 9.17) is 18.9 Å². The van der Waals surface area contributed by atoms with Gasteiger partial charge in [-0.1, -0.05) is 12.1 Å². The van der Waals surface area contributed by atoms with Gasteiger partial charge in [-0.25, -0.2) is 5.43 Å². The summed E-state index contributed by atoms with van der Waals surface area (Å²) >= 11 is 0. The molecule has 0 radical (unpaired) electrons. The highest BCUT2D eigenvalue weighted by Gasteiger charge is 2.15. The quantitative estimate of drug-likeness (QED) is 0.324. The molecule has 0 saturated carbocycles. The Labute approximate surface area is 163 Å². The third kappa shape index (κ3) is 6.01. The van der Waals surface area contributed by atoms with Crippen molar-refractivity contribution in [2.24, 2.45) is 5.10 Å². The van der Waals surface area contributed by atoms with Gasteiger partial charge in [0.2, 0.25) is 5.75 Å². The Balaban J connectivity index is 2.00. The van der Waals surface area contributed by atoms with E-state index < -0.39 is 11.9 Å². The number of rotatable bonds is 8. The van der Waals surface area contributed by atoms with Crippen molar-refractivity contribution in [3.05, 3.63) is 47.5 Å². The summed E-state index contributed by atoms with van der Waals surface area (Å²) in [6, 6.07) is 10.6. The second-order valence-corrected chi connectivity index (χ2v) is 5.75. The smallest absolute Gasteiger partial charge is 0.308 e. The van der Waals surface area contributed by atoms with Gasteiger partial charge in [-0.3, -0.25) is 9.59 Å². The maximum Gasteiger partial charge on any atom is 0.308 e. The fourth-order valence-electron chi connectivity index (χ4n) is 2.28. The lowest BCUT2D eigenvalue weighted by atomic mass is 10.2. The number of methoxy groups -OCH3 is 2. The molecule has 2 aromatic rings. The second kappa shape index (κ2) is 9.96. The molecule has 0 unspecified atom stereocenters. The maximum absolute atomic E-state index is 11.9. The van der Waals surface area contributed by atoms with E-state index >= 15 is 0 Å². The number of ether oxygens (including phenoxy) is 4. The highest BCUT2D eigenvalue weighted by atomic mass is 16.6. The Hall–Kier alpha value is -3.55. The molecule has 0 spiro atoms. The Bertz CT molecular complexity index is 854. The van der Waals surface area contributed by atoms with E-state index in [2.05, 4.69) is 10.5 Å². The molecule has 28 heavy (non-hydrogen) atoms. The predicted octanol–water partition coefficient (Wildman–Crippen LogP) is 2.47. The standard InChI is InChI=1S/C20H22N2O6/c1-13-6-5-7-16(8-13)27-12-19(24)22-21-11-15-9-17(25-3)20(28-14(2)23)18(10-15)26-4/h5-11H,12H2,1-4H3,(H,22,24)/b21-11+. The van der Waals surface area contributed by atoms with Gasteiger partial charge in [0.25, 0.3) is 5.91 Å². The molecule has 8 heteroatoms. The zero-order valence-electron chi connectivity index (χ0n) is 16.1. The minimum atomic E-state index is -0.501. The number of amides is 1. The number of carbonyl (C=O) groups excluding carboxylic acids is 2. The van der Waals surface area contributed by atoms with Crippen molar-refractivity contribution in [2.45, 2.75) is 13.8 Å². The highest BCUT2D eigenvalue weighted by molar-refractivity contribution is 5.85. The topological polar surface area (TPSA) is 95.5 Å². The molecule has 8 nitrogen and oxygen atoms in total. The van der Waals surface area contributed by atoms with Crippen LogP contribution < -0.4 is 24.4 Å². The van der Waals surface area contributed by atoms with E-state index in [1.54, 1.807) is 18.2 Å². The molecule has 0 fully saturated rings. The number of hydrogen-bond donors (Lipinski definition) is 1. The van der Waals surface area contributed by atoms with Gasteiger partial charge in [-0.2, -0.15) is 5.10 Å². The van der Waals surface area contributed by atoms with Gasteiger partial charge in [0.05, 0.1) is 20.4 Å². The van der Waals surface area contributed by atoms with Crippen molar-refractivity contribution in [3.8, 4) is 23.0 Å². The van der Waals surface area contributed by atoms with Crippen molar-refractivity contribution in [3.63, 3.8) is 0 Å². The molecule has 148 valence electrons. The van der Waals surface area contributed by atoms with Gasteiger partial charge in [0.15, 0.2) is 18.1 Å². The number of nitrogens with one attached hydrogen (secondary N) is 1. The molecule has 2 aromatic carbocycles. The van der Waals surface area contributed by atoms with Gasteiger partial charge in [0.1, 0.15) is 5.75 Å². The molecule has 0 heterocycles. The monoisotopic (exact) mass is 386 g/mol. The summed E-state index contributed by atoms with van der Waals surface area (Å²) in [5.74, 6) is 0.460. The number of aryl methyl sites for hydroxylation is 1. The molecule has 0 aliphatic rings. The van der Waals surface area contributed by atoms with Crippen molar-refractivity contribution in [1.82, 2.24) is 5.43 Å². The van der Waals surface area contributed by atoms with E-state index in [1.165, 1.54) is 27.4 Å². The molecule has 1 amide bonds. The lowest BCUT2D eigenvalue weighted by Crippen LogP contribution is -2.24. The largest absolute Gasteiger partial charge is 0.493 e. The summed E-state index contributed by atoms with van der Waals surface area (Å²) < 4.78 is 21.0. The van der Waals surface area contributed by atoms with Gasteiger partial charge >= 0.3 is 5.97 Å². The SMILES string of the molecule is COc1cc(/C=N/NC(=O)COc2cccc(C)c2)cc(OC)c1OC(C)=O. The van der Waals surface area contributed by atoms with Crippen LogP contribution in [0, 0.1) is 6.92 Å². The molecular weight excluding hydrogens is 364 g/mol. The van der Waals surface area contributed by atoms with Gasteiger partial charge in [0, 0.05) is 12.5 Å². The molecule has 0 bridgehead atoms. The van der Waals surface area contributed by atoms with Crippen LogP contribution in [-0.4, -0.2) is 38.9 Å². The van der Waals surface area contributed by atoms with E-state index in [0.717, 1.165) is 5.56 Å². The first kappa shape index (κ1) is 20.8. The summed E-state index contributed by atoms with van der Waals surface area (Å²) in [4.78, 5) is 23.1. The van der Waals surface area contributed by atoms with Crippen LogP contribution in [0.4, 0.5) is 0 Å². The van der Waals surface area contributed by atoms with Crippen molar-refractivity contribution < 1.29 is 28.5 Å². The third-order valence-electron chi connectivity index (χ3n) is 3.49. The highest BCUT2D eigenvalue weighted by Crippen LogP contribution is 2.38. The first-order valence-electron chi connectivity index (χ1n) is 8.38. The summed E-state index contributed by atoms with van der Waals surface area (Å²) in [6.45, 7) is 3.05. The van der Waals surface area contributed by atoms with E-state index in [0.29, 0.717) is 22.8 Å². The van der Waals surface area contributed by atoms with Crippen LogP contribution in [0.1, 0.15) is 18.1 Å². The number of benzene rings is 2. The Morgan fingerprint density at radius 1 is 1.11 bits per heavy atom. The van der Waals surface area contributed by atoms with Gasteiger partial charge in [-0.05, 0) is 36.8 Å². The first-order valence-corrected chi connectivity index (χ1v) is 8.38. The molecule has 0 saturated heterocycles. The van der Waals surface area contributed by atoms with E-state index in [9.17, 15) is 9.59 Å². The average Bonchev–Trinajstić information content (AvgIpc) is 2.66. The zero-order valence-corrected chi connectivity index (χ0v) is 16.1. The molecule has 0 aromatic heterocycles. The van der Waals surface area contributed by atoms with E-state index in [-0.39, 0.29) is 12.4 Å². The van der Waals surface area contributed by atoms with Gasteiger partial charge < -0.3 is 18.9 Å². The molecular formula is C20H22N2O6. The number of carbonyl (C=O) groups is 2. The Morgan fingerprint density at radius 3 is 2.36 bits per heavy atom. The third-order valence-corrected chi connectivity index (χ3v) is 3.49.